The molecule has 0 spiro atoms. The SMILES string of the molecule is COc1cc(C#N)ccc1OCC(=O)N1N=C(c2cc3ccccc3o2)CC1c1ccco1. The van der Waals surface area contributed by atoms with Gasteiger partial charge >= 0.3 is 0 Å². The van der Waals surface area contributed by atoms with Gasteiger partial charge in [-0.1, -0.05) is 18.2 Å². The molecule has 5 rings (SSSR count). The van der Waals surface area contributed by atoms with E-state index in [9.17, 15) is 4.79 Å². The summed E-state index contributed by atoms with van der Waals surface area (Å²) >= 11 is 0. The first kappa shape index (κ1) is 20.4. The Morgan fingerprint density at radius 1 is 1.18 bits per heavy atom. The molecule has 1 atom stereocenters. The lowest BCUT2D eigenvalue weighted by Crippen LogP contribution is -2.31. The molecule has 0 radical (unpaired) electrons. The zero-order valence-corrected chi connectivity index (χ0v) is 17.7. The summed E-state index contributed by atoms with van der Waals surface area (Å²) < 4.78 is 22.5. The molecule has 0 N–H and O–H groups in total. The third-order valence-corrected chi connectivity index (χ3v) is 5.39. The van der Waals surface area contributed by atoms with Gasteiger partial charge in [-0.05, 0) is 36.4 Å². The number of ether oxygens (including phenoxy) is 2. The van der Waals surface area contributed by atoms with Gasteiger partial charge in [0.25, 0.3) is 5.91 Å². The van der Waals surface area contributed by atoms with Crippen LogP contribution >= 0.6 is 0 Å². The van der Waals surface area contributed by atoms with E-state index in [0.29, 0.717) is 40.7 Å². The fourth-order valence-corrected chi connectivity index (χ4v) is 3.78. The number of nitrogens with zero attached hydrogens (tertiary/aromatic N) is 3. The summed E-state index contributed by atoms with van der Waals surface area (Å²) in [5, 5.41) is 16.0. The van der Waals surface area contributed by atoms with Crippen LogP contribution in [0, 0.1) is 11.3 Å². The maximum absolute atomic E-state index is 13.1. The van der Waals surface area contributed by atoms with E-state index in [-0.39, 0.29) is 12.5 Å². The summed E-state index contributed by atoms with van der Waals surface area (Å²) in [6.07, 6.45) is 2.01. The van der Waals surface area contributed by atoms with Gasteiger partial charge in [-0.3, -0.25) is 4.79 Å². The molecular formula is C25H19N3O5. The van der Waals surface area contributed by atoms with Gasteiger partial charge in [-0.2, -0.15) is 10.4 Å². The highest BCUT2D eigenvalue weighted by Crippen LogP contribution is 2.35. The van der Waals surface area contributed by atoms with E-state index in [1.54, 1.807) is 30.5 Å². The molecule has 1 aliphatic rings. The lowest BCUT2D eigenvalue weighted by atomic mass is 10.1. The molecule has 0 bridgehead atoms. The number of furan rings is 2. The quantitative estimate of drug-likeness (QED) is 0.431. The normalized spacial score (nSPS) is 15.3. The first-order valence-electron chi connectivity index (χ1n) is 10.3. The fraction of sp³-hybridized carbons (Fsp3) is 0.160. The lowest BCUT2D eigenvalue weighted by molar-refractivity contribution is -0.135. The molecule has 2 aromatic heterocycles. The van der Waals surface area contributed by atoms with Crippen LogP contribution in [0.5, 0.6) is 11.5 Å². The van der Waals surface area contributed by atoms with Crippen molar-refractivity contribution >= 4 is 22.6 Å². The Labute approximate surface area is 189 Å². The zero-order chi connectivity index (χ0) is 22.8. The Balaban J connectivity index is 1.40. The third kappa shape index (κ3) is 3.92. The Morgan fingerprint density at radius 3 is 2.82 bits per heavy atom. The van der Waals surface area contributed by atoms with Crippen molar-refractivity contribution < 1.29 is 23.1 Å². The van der Waals surface area contributed by atoms with Crippen LogP contribution in [0.3, 0.4) is 0 Å². The molecule has 33 heavy (non-hydrogen) atoms. The van der Waals surface area contributed by atoms with Crippen LogP contribution in [0.2, 0.25) is 0 Å². The molecule has 2 aromatic carbocycles. The smallest absolute Gasteiger partial charge is 0.281 e. The van der Waals surface area contributed by atoms with E-state index in [0.717, 1.165) is 11.0 Å². The van der Waals surface area contributed by atoms with Gasteiger partial charge in [-0.25, -0.2) is 5.01 Å². The Kier molecular flexibility index (Phi) is 5.29. The molecule has 8 heteroatoms. The number of rotatable bonds is 6. The minimum absolute atomic E-state index is 0.267. The van der Waals surface area contributed by atoms with Crippen LogP contribution in [0.15, 0.2) is 80.9 Å². The molecule has 3 heterocycles. The van der Waals surface area contributed by atoms with Crippen molar-refractivity contribution in [1.82, 2.24) is 5.01 Å². The molecule has 0 aliphatic carbocycles. The summed E-state index contributed by atoms with van der Waals surface area (Å²) in [6.45, 7) is -0.267. The number of methoxy groups -OCH3 is 1. The van der Waals surface area contributed by atoms with Gasteiger partial charge in [0.2, 0.25) is 0 Å². The first-order chi connectivity index (χ1) is 16.2. The Hall–Kier alpha value is -4.51. The lowest BCUT2D eigenvalue weighted by Gasteiger charge is -2.20. The Bertz CT molecular complexity index is 1350. The summed E-state index contributed by atoms with van der Waals surface area (Å²) in [5.74, 6) is 1.61. The second-order valence-corrected chi connectivity index (χ2v) is 7.43. The average Bonchev–Trinajstić information content (AvgIpc) is 3.60. The number of benzene rings is 2. The summed E-state index contributed by atoms with van der Waals surface area (Å²) in [5.41, 5.74) is 1.84. The highest BCUT2D eigenvalue weighted by atomic mass is 16.5. The van der Waals surface area contributed by atoms with Crippen molar-refractivity contribution in [3.05, 3.63) is 84.0 Å². The van der Waals surface area contributed by atoms with E-state index in [4.69, 9.17) is 23.6 Å². The number of amides is 1. The van der Waals surface area contributed by atoms with Crippen LogP contribution in [-0.4, -0.2) is 30.3 Å². The Morgan fingerprint density at radius 2 is 2.06 bits per heavy atom. The number of fused-ring (bicyclic) bond motifs is 1. The van der Waals surface area contributed by atoms with Crippen LogP contribution in [0.4, 0.5) is 0 Å². The molecule has 1 amide bonds. The van der Waals surface area contributed by atoms with Gasteiger partial charge in [-0.15, -0.1) is 0 Å². The molecule has 0 fully saturated rings. The topological polar surface area (TPSA) is 101 Å². The van der Waals surface area contributed by atoms with Crippen molar-refractivity contribution in [2.75, 3.05) is 13.7 Å². The minimum atomic E-state index is -0.415. The number of hydrogen-bond donors (Lipinski definition) is 0. The van der Waals surface area contributed by atoms with Crippen LogP contribution in [0.25, 0.3) is 11.0 Å². The maximum atomic E-state index is 13.1. The first-order valence-corrected chi connectivity index (χ1v) is 10.3. The summed E-state index contributed by atoms with van der Waals surface area (Å²) in [6, 6.07) is 19.6. The number of carbonyl (C=O) groups excluding carboxylic acids is 1. The highest BCUT2D eigenvalue weighted by molar-refractivity contribution is 6.03. The van der Waals surface area contributed by atoms with Crippen LogP contribution < -0.4 is 9.47 Å². The predicted molar refractivity (Wildman–Crippen MR) is 119 cm³/mol. The van der Waals surface area contributed by atoms with Crippen molar-refractivity contribution in [3.63, 3.8) is 0 Å². The largest absolute Gasteiger partial charge is 0.493 e. The second kappa shape index (κ2) is 8.55. The number of hydrazone groups is 1. The van der Waals surface area contributed by atoms with Gasteiger partial charge < -0.3 is 18.3 Å². The molecule has 8 nitrogen and oxygen atoms in total. The van der Waals surface area contributed by atoms with Gasteiger partial charge in [0.05, 0.1) is 25.0 Å². The third-order valence-electron chi connectivity index (χ3n) is 5.39. The summed E-state index contributed by atoms with van der Waals surface area (Å²) in [4.78, 5) is 13.1. The van der Waals surface area contributed by atoms with Crippen LogP contribution in [0.1, 0.15) is 29.5 Å². The molecule has 0 saturated heterocycles. The number of carbonyl (C=O) groups is 1. The van der Waals surface area contributed by atoms with Crippen LogP contribution in [-0.2, 0) is 4.79 Å². The number of nitriles is 1. The van der Waals surface area contributed by atoms with E-state index >= 15 is 0 Å². The van der Waals surface area contributed by atoms with E-state index in [2.05, 4.69) is 5.10 Å². The molecule has 4 aromatic rings. The zero-order valence-electron chi connectivity index (χ0n) is 17.7. The minimum Gasteiger partial charge on any atom is -0.493 e. The summed E-state index contributed by atoms with van der Waals surface area (Å²) in [7, 11) is 1.47. The maximum Gasteiger partial charge on any atom is 0.281 e. The van der Waals surface area contributed by atoms with Gasteiger partial charge in [0.15, 0.2) is 23.9 Å². The van der Waals surface area contributed by atoms with Crippen molar-refractivity contribution in [1.29, 1.82) is 5.26 Å². The molecule has 1 unspecified atom stereocenters. The highest BCUT2D eigenvalue weighted by Gasteiger charge is 2.36. The molecule has 164 valence electrons. The average molecular weight is 441 g/mol. The molecule has 0 saturated carbocycles. The number of hydrogen-bond acceptors (Lipinski definition) is 7. The van der Waals surface area contributed by atoms with Crippen molar-refractivity contribution in [2.45, 2.75) is 12.5 Å². The van der Waals surface area contributed by atoms with E-state index < -0.39 is 6.04 Å². The molecule has 1 aliphatic heterocycles. The standard InChI is InChI=1S/C25H19N3O5/c1-30-24-11-16(14-26)8-9-22(24)32-15-25(29)28-19(21-7-4-10-31-21)13-18(27-28)23-12-17-5-2-3-6-20(17)33-23/h2-12,19H,13,15H2,1H3. The predicted octanol–water partition coefficient (Wildman–Crippen LogP) is 4.66. The second-order valence-electron chi connectivity index (χ2n) is 7.43. The molecular weight excluding hydrogens is 422 g/mol. The van der Waals surface area contributed by atoms with E-state index in [1.807, 2.05) is 42.5 Å². The number of para-hydroxylation sites is 1. The van der Waals surface area contributed by atoms with E-state index in [1.165, 1.54) is 12.1 Å². The van der Waals surface area contributed by atoms with Crippen molar-refractivity contribution in [2.24, 2.45) is 5.10 Å². The fourth-order valence-electron chi connectivity index (χ4n) is 3.78. The van der Waals surface area contributed by atoms with Crippen molar-refractivity contribution in [3.8, 4) is 17.6 Å². The van der Waals surface area contributed by atoms with Gasteiger partial charge in [0.1, 0.15) is 23.1 Å². The monoisotopic (exact) mass is 441 g/mol. The van der Waals surface area contributed by atoms with Gasteiger partial charge in [0, 0.05) is 17.9 Å².